The second-order valence-corrected chi connectivity index (χ2v) is 5.71. The highest BCUT2D eigenvalue weighted by Crippen LogP contribution is 2.57. The number of phenolic OH excluding ortho intramolecular Hbond substituents is 1. The Bertz CT molecular complexity index is 801. The minimum Gasteiger partial charge on any atom is -0.502 e. The van der Waals surface area contributed by atoms with E-state index in [2.05, 4.69) is 0 Å². The van der Waals surface area contributed by atoms with Gasteiger partial charge in [0.1, 0.15) is 6.10 Å². The molecule has 6 nitrogen and oxygen atoms in total. The van der Waals surface area contributed by atoms with Crippen molar-refractivity contribution in [2.75, 3.05) is 27.9 Å². The molecule has 0 radical (unpaired) electrons. The molecule has 0 saturated heterocycles. The number of hydrogen-bond acceptors (Lipinski definition) is 6. The first-order valence-electron chi connectivity index (χ1n) is 7.63. The molecule has 2 heterocycles. The van der Waals surface area contributed by atoms with Gasteiger partial charge in [0, 0.05) is 11.1 Å². The van der Waals surface area contributed by atoms with Crippen molar-refractivity contribution in [3.63, 3.8) is 0 Å². The lowest BCUT2D eigenvalue weighted by atomic mass is 9.89. The van der Waals surface area contributed by atoms with Gasteiger partial charge in [0.05, 0.1) is 33.9 Å². The van der Waals surface area contributed by atoms with E-state index in [9.17, 15) is 5.11 Å². The van der Waals surface area contributed by atoms with E-state index in [1.165, 1.54) is 7.11 Å². The first kappa shape index (κ1) is 14.8. The maximum atomic E-state index is 10.4. The predicted octanol–water partition coefficient (Wildman–Crippen LogP) is 3.03. The van der Waals surface area contributed by atoms with Crippen LogP contribution in [0.25, 0.3) is 0 Å². The minimum absolute atomic E-state index is 0.00223. The fourth-order valence-electron chi connectivity index (χ4n) is 3.44. The number of methoxy groups -OCH3 is 3. The van der Waals surface area contributed by atoms with Gasteiger partial charge >= 0.3 is 0 Å². The summed E-state index contributed by atoms with van der Waals surface area (Å²) in [6.07, 6.45) is -0.249. The lowest BCUT2D eigenvalue weighted by Crippen LogP contribution is -2.23. The second-order valence-electron chi connectivity index (χ2n) is 5.71. The molecule has 0 spiro atoms. The maximum absolute atomic E-state index is 10.4. The summed E-state index contributed by atoms with van der Waals surface area (Å²) in [4.78, 5) is 0. The SMILES string of the molecule is COc1ccc2c(c1O)O[C@H]1c3ccc(OC)c(OC)c3OC[C@@H]21. The van der Waals surface area contributed by atoms with Crippen LogP contribution in [0.15, 0.2) is 24.3 Å². The summed E-state index contributed by atoms with van der Waals surface area (Å²) in [5.41, 5.74) is 1.79. The number of rotatable bonds is 3. The molecular weight excluding hydrogens is 312 g/mol. The Hall–Kier alpha value is -2.76. The van der Waals surface area contributed by atoms with Crippen molar-refractivity contribution < 1.29 is 28.8 Å². The zero-order valence-electron chi connectivity index (χ0n) is 13.7. The van der Waals surface area contributed by atoms with Crippen molar-refractivity contribution >= 4 is 0 Å². The van der Waals surface area contributed by atoms with Gasteiger partial charge in [-0.05, 0) is 18.2 Å². The molecule has 2 aromatic carbocycles. The average molecular weight is 330 g/mol. The van der Waals surface area contributed by atoms with Crippen LogP contribution in [-0.4, -0.2) is 33.0 Å². The van der Waals surface area contributed by atoms with Gasteiger partial charge in [-0.15, -0.1) is 0 Å². The van der Waals surface area contributed by atoms with Crippen LogP contribution in [-0.2, 0) is 0 Å². The van der Waals surface area contributed by atoms with Crippen LogP contribution in [0.1, 0.15) is 23.1 Å². The van der Waals surface area contributed by atoms with Gasteiger partial charge in [0.2, 0.25) is 11.5 Å². The van der Waals surface area contributed by atoms with E-state index in [0.717, 1.165) is 11.1 Å². The third kappa shape index (κ3) is 1.89. The van der Waals surface area contributed by atoms with Gasteiger partial charge in [-0.2, -0.15) is 0 Å². The lowest BCUT2D eigenvalue weighted by Gasteiger charge is -2.29. The zero-order chi connectivity index (χ0) is 16.8. The number of phenols is 1. The molecule has 4 rings (SSSR count). The molecule has 1 N–H and O–H groups in total. The Kier molecular flexibility index (Phi) is 3.33. The van der Waals surface area contributed by atoms with Crippen molar-refractivity contribution in [1.82, 2.24) is 0 Å². The van der Waals surface area contributed by atoms with Gasteiger partial charge < -0.3 is 28.8 Å². The average Bonchev–Trinajstić information content (AvgIpc) is 3.00. The van der Waals surface area contributed by atoms with Crippen LogP contribution < -0.4 is 23.7 Å². The molecule has 2 atom stereocenters. The fraction of sp³-hybridized carbons (Fsp3) is 0.333. The molecule has 24 heavy (non-hydrogen) atoms. The van der Waals surface area contributed by atoms with Crippen molar-refractivity contribution in [3.05, 3.63) is 35.4 Å². The summed E-state index contributed by atoms with van der Waals surface area (Å²) in [6.45, 7) is 0.431. The van der Waals surface area contributed by atoms with E-state index in [-0.39, 0.29) is 17.8 Å². The number of hydrogen-bond donors (Lipinski definition) is 1. The van der Waals surface area contributed by atoms with Crippen molar-refractivity contribution in [1.29, 1.82) is 0 Å². The molecule has 2 aliphatic rings. The quantitative estimate of drug-likeness (QED) is 0.933. The number of fused-ring (bicyclic) bond motifs is 5. The Balaban J connectivity index is 1.81. The molecule has 0 unspecified atom stereocenters. The monoisotopic (exact) mass is 330 g/mol. The van der Waals surface area contributed by atoms with E-state index in [1.54, 1.807) is 20.3 Å². The fourth-order valence-corrected chi connectivity index (χ4v) is 3.44. The van der Waals surface area contributed by atoms with Gasteiger partial charge in [-0.3, -0.25) is 0 Å². The molecule has 0 saturated carbocycles. The van der Waals surface area contributed by atoms with Crippen molar-refractivity contribution in [2.45, 2.75) is 12.0 Å². The van der Waals surface area contributed by atoms with Crippen LogP contribution in [0, 0.1) is 0 Å². The summed E-state index contributed by atoms with van der Waals surface area (Å²) in [6, 6.07) is 7.39. The molecule has 0 aliphatic carbocycles. The predicted molar refractivity (Wildman–Crippen MR) is 85.8 cm³/mol. The molecule has 2 aromatic rings. The highest BCUT2D eigenvalue weighted by atomic mass is 16.5. The van der Waals surface area contributed by atoms with E-state index in [4.69, 9.17) is 23.7 Å². The van der Waals surface area contributed by atoms with Crippen molar-refractivity contribution in [2.24, 2.45) is 0 Å². The summed E-state index contributed by atoms with van der Waals surface area (Å²) in [5.74, 6) is 2.65. The summed E-state index contributed by atoms with van der Waals surface area (Å²) >= 11 is 0. The topological polar surface area (TPSA) is 66.4 Å². The van der Waals surface area contributed by atoms with Crippen LogP contribution in [0.4, 0.5) is 0 Å². The second kappa shape index (κ2) is 5.40. The highest BCUT2D eigenvalue weighted by molar-refractivity contribution is 5.63. The number of aromatic hydroxyl groups is 1. The van der Waals surface area contributed by atoms with Crippen LogP contribution in [0.2, 0.25) is 0 Å². The van der Waals surface area contributed by atoms with Crippen LogP contribution >= 0.6 is 0 Å². The zero-order valence-corrected chi connectivity index (χ0v) is 13.7. The Morgan fingerprint density at radius 2 is 1.62 bits per heavy atom. The van der Waals surface area contributed by atoms with E-state index in [0.29, 0.717) is 35.4 Å². The Morgan fingerprint density at radius 3 is 2.33 bits per heavy atom. The van der Waals surface area contributed by atoms with Gasteiger partial charge in [0.15, 0.2) is 23.0 Å². The summed E-state index contributed by atoms with van der Waals surface area (Å²) in [7, 11) is 4.68. The van der Waals surface area contributed by atoms with E-state index < -0.39 is 0 Å². The first-order chi connectivity index (χ1) is 11.7. The highest BCUT2D eigenvalue weighted by Gasteiger charge is 2.43. The third-order valence-corrected chi connectivity index (χ3v) is 4.60. The summed E-state index contributed by atoms with van der Waals surface area (Å²) < 4.78 is 28.0. The standard InChI is InChI=1S/C18H18O6/c1-20-12-6-4-9-11-8-23-17-10(15(11)24-16(9)14(12)19)5-7-13(21-2)18(17)22-3/h4-7,11,15,19H,8H2,1-3H3/t11-,15-/m0/s1. The smallest absolute Gasteiger partial charge is 0.203 e. The normalized spacial score (nSPS) is 20.1. The molecule has 0 amide bonds. The molecule has 0 aromatic heterocycles. The van der Waals surface area contributed by atoms with Crippen molar-refractivity contribution in [3.8, 4) is 34.5 Å². The van der Waals surface area contributed by atoms with Crippen LogP contribution in [0.3, 0.4) is 0 Å². The molecule has 0 bridgehead atoms. The Morgan fingerprint density at radius 1 is 0.917 bits per heavy atom. The number of ether oxygens (including phenoxy) is 5. The first-order valence-corrected chi connectivity index (χ1v) is 7.63. The van der Waals surface area contributed by atoms with Gasteiger partial charge in [-0.1, -0.05) is 6.07 Å². The van der Waals surface area contributed by atoms with Gasteiger partial charge in [0.25, 0.3) is 0 Å². The molecule has 2 aliphatic heterocycles. The molecule has 6 heteroatoms. The molecule has 0 fully saturated rings. The Labute approximate surface area is 139 Å². The maximum Gasteiger partial charge on any atom is 0.203 e. The van der Waals surface area contributed by atoms with Gasteiger partial charge in [-0.25, -0.2) is 0 Å². The molecule has 126 valence electrons. The van der Waals surface area contributed by atoms with E-state index >= 15 is 0 Å². The molecular formula is C18H18O6. The number of benzene rings is 2. The van der Waals surface area contributed by atoms with Crippen LogP contribution in [0.5, 0.6) is 34.5 Å². The third-order valence-electron chi connectivity index (χ3n) is 4.60. The van der Waals surface area contributed by atoms with E-state index in [1.807, 2.05) is 18.2 Å². The lowest BCUT2D eigenvalue weighted by molar-refractivity contribution is 0.132. The minimum atomic E-state index is -0.249. The largest absolute Gasteiger partial charge is 0.502 e. The summed E-state index contributed by atoms with van der Waals surface area (Å²) in [5, 5.41) is 10.4.